The van der Waals surface area contributed by atoms with E-state index in [-0.39, 0.29) is 17.3 Å². The maximum atomic E-state index is 11.9. The zero-order valence-corrected chi connectivity index (χ0v) is 14.1. The van der Waals surface area contributed by atoms with E-state index in [9.17, 15) is 13.2 Å². The normalized spacial score (nSPS) is 15.1. The van der Waals surface area contributed by atoms with Gasteiger partial charge >= 0.3 is 0 Å². The van der Waals surface area contributed by atoms with E-state index < -0.39 is 9.84 Å². The van der Waals surface area contributed by atoms with Crippen LogP contribution in [0.5, 0.6) is 0 Å². The quantitative estimate of drug-likeness (QED) is 0.715. The molecule has 21 heavy (non-hydrogen) atoms. The average molecular weight is 330 g/mol. The summed E-state index contributed by atoms with van der Waals surface area (Å²) in [6, 6.07) is 0. The molecule has 0 saturated heterocycles. The number of carbonyl (C=O) groups is 1. The molecule has 5 nitrogen and oxygen atoms in total. The predicted octanol–water partition coefficient (Wildman–Crippen LogP) is 2.65. The molecule has 2 rings (SSSR count). The molecule has 0 spiro atoms. The van der Waals surface area contributed by atoms with Crippen molar-refractivity contribution in [2.45, 2.75) is 39.0 Å². The van der Waals surface area contributed by atoms with Crippen molar-refractivity contribution in [2.75, 3.05) is 29.1 Å². The highest BCUT2D eigenvalue weighted by Crippen LogP contribution is 2.50. The maximum absolute atomic E-state index is 11.9. The molecule has 0 amide bonds. The lowest BCUT2D eigenvalue weighted by atomic mass is 10.1. The molecule has 1 aliphatic carbocycles. The number of nitrogen functional groups attached to an aromatic ring is 1. The van der Waals surface area contributed by atoms with Crippen LogP contribution in [0.3, 0.4) is 0 Å². The van der Waals surface area contributed by atoms with E-state index in [1.165, 1.54) is 11.3 Å². The third-order valence-electron chi connectivity index (χ3n) is 3.68. The van der Waals surface area contributed by atoms with Gasteiger partial charge in [0.2, 0.25) is 0 Å². The number of hydrogen-bond donors (Lipinski definition) is 2. The SMILES string of the molecule is CCC(=O)c1sc(NCCS(=O)(=O)CC)c(C2CC2)c1N. The Morgan fingerprint density at radius 1 is 1.38 bits per heavy atom. The van der Waals surface area contributed by atoms with Crippen molar-refractivity contribution in [1.82, 2.24) is 0 Å². The van der Waals surface area contributed by atoms with Gasteiger partial charge in [0.1, 0.15) is 0 Å². The summed E-state index contributed by atoms with van der Waals surface area (Å²) in [7, 11) is -2.99. The number of anilines is 2. The van der Waals surface area contributed by atoms with E-state index in [0.29, 0.717) is 29.4 Å². The molecular formula is C14H22N2O3S2. The molecule has 1 aromatic heterocycles. The van der Waals surface area contributed by atoms with Crippen LogP contribution >= 0.6 is 11.3 Å². The third kappa shape index (κ3) is 3.77. The monoisotopic (exact) mass is 330 g/mol. The minimum atomic E-state index is -2.99. The second kappa shape index (κ2) is 6.36. The minimum Gasteiger partial charge on any atom is -0.397 e. The van der Waals surface area contributed by atoms with Crippen LogP contribution in [-0.2, 0) is 9.84 Å². The highest BCUT2D eigenvalue weighted by atomic mass is 32.2. The van der Waals surface area contributed by atoms with Gasteiger partial charge in [0.15, 0.2) is 15.6 Å². The Hall–Kier alpha value is -1.08. The topological polar surface area (TPSA) is 89.3 Å². The lowest BCUT2D eigenvalue weighted by molar-refractivity contribution is 0.0992. The van der Waals surface area contributed by atoms with Crippen molar-refractivity contribution < 1.29 is 13.2 Å². The summed E-state index contributed by atoms with van der Waals surface area (Å²) in [5.74, 6) is 0.720. The van der Waals surface area contributed by atoms with Crippen LogP contribution in [0.15, 0.2) is 0 Å². The second-order valence-electron chi connectivity index (χ2n) is 5.30. The Kier molecular flexibility index (Phi) is 4.93. The number of hydrogen-bond acceptors (Lipinski definition) is 6. The molecule has 3 N–H and O–H groups in total. The van der Waals surface area contributed by atoms with E-state index in [1.54, 1.807) is 6.92 Å². The van der Waals surface area contributed by atoms with Gasteiger partial charge in [-0.2, -0.15) is 0 Å². The van der Waals surface area contributed by atoms with Crippen molar-refractivity contribution in [1.29, 1.82) is 0 Å². The smallest absolute Gasteiger partial charge is 0.174 e. The van der Waals surface area contributed by atoms with Crippen LogP contribution < -0.4 is 11.1 Å². The van der Waals surface area contributed by atoms with Crippen LogP contribution in [0.2, 0.25) is 0 Å². The summed E-state index contributed by atoms with van der Waals surface area (Å²) in [6.45, 7) is 3.82. The zero-order chi connectivity index (χ0) is 15.6. The molecule has 1 fully saturated rings. The first-order valence-corrected chi connectivity index (χ1v) is 9.93. The molecule has 0 bridgehead atoms. The predicted molar refractivity (Wildman–Crippen MR) is 88.1 cm³/mol. The zero-order valence-electron chi connectivity index (χ0n) is 12.4. The van der Waals surface area contributed by atoms with Crippen LogP contribution in [0.4, 0.5) is 10.7 Å². The first kappa shape index (κ1) is 16.3. The summed E-state index contributed by atoms with van der Waals surface area (Å²) in [5, 5.41) is 4.05. The van der Waals surface area contributed by atoms with Gasteiger partial charge in [0, 0.05) is 24.3 Å². The fraction of sp³-hybridized carbons (Fsp3) is 0.643. The standard InChI is InChI=1S/C14H22N2O3S2/c1-3-10(17)13-12(15)11(9-5-6-9)14(20-13)16-7-8-21(18,19)4-2/h9,16H,3-8,15H2,1-2H3. The third-order valence-corrected chi connectivity index (χ3v) is 6.61. The van der Waals surface area contributed by atoms with Gasteiger partial charge in [0.05, 0.1) is 21.3 Å². The first-order chi connectivity index (χ1) is 9.89. The number of ketones is 1. The summed E-state index contributed by atoms with van der Waals surface area (Å²) >= 11 is 1.36. The minimum absolute atomic E-state index is 0.0497. The molecule has 1 heterocycles. The van der Waals surface area contributed by atoms with Crippen molar-refractivity contribution in [3.8, 4) is 0 Å². The van der Waals surface area contributed by atoms with Crippen LogP contribution in [0.1, 0.15) is 54.3 Å². The molecule has 0 aromatic carbocycles. The van der Waals surface area contributed by atoms with Crippen molar-refractivity contribution >= 4 is 37.6 Å². The summed E-state index contributed by atoms with van der Waals surface area (Å²) < 4.78 is 23.1. The highest BCUT2D eigenvalue weighted by Gasteiger charge is 2.32. The Balaban J connectivity index is 2.16. The van der Waals surface area contributed by atoms with Gasteiger partial charge in [0.25, 0.3) is 0 Å². The Morgan fingerprint density at radius 2 is 2.05 bits per heavy atom. The molecule has 7 heteroatoms. The molecule has 0 aliphatic heterocycles. The lowest BCUT2D eigenvalue weighted by Crippen LogP contribution is -2.17. The largest absolute Gasteiger partial charge is 0.397 e. The van der Waals surface area contributed by atoms with Gasteiger partial charge in [-0.15, -0.1) is 11.3 Å². The Bertz CT molecular complexity index is 631. The fourth-order valence-electron chi connectivity index (χ4n) is 2.20. The lowest BCUT2D eigenvalue weighted by Gasteiger charge is -2.07. The van der Waals surface area contributed by atoms with Crippen molar-refractivity contribution in [3.63, 3.8) is 0 Å². The fourth-order valence-corrected chi connectivity index (χ4v) is 4.14. The number of Topliss-reactive ketones (excluding diaryl/α,β-unsaturated/α-hetero) is 1. The number of nitrogens with one attached hydrogen (secondary N) is 1. The van der Waals surface area contributed by atoms with Gasteiger partial charge in [-0.1, -0.05) is 13.8 Å². The van der Waals surface area contributed by atoms with Gasteiger partial charge in [-0.3, -0.25) is 4.79 Å². The average Bonchev–Trinajstić information content (AvgIpc) is 3.23. The number of thiophene rings is 1. The number of rotatable bonds is 8. The summed E-state index contributed by atoms with van der Waals surface area (Å²) in [4.78, 5) is 12.5. The summed E-state index contributed by atoms with van der Waals surface area (Å²) in [5.41, 5.74) is 7.75. The molecule has 118 valence electrons. The molecule has 1 aliphatic rings. The number of sulfone groups is 1. The second-order valence-corrected chi connectivity index (χ2v) is 8.80. The van der Waals surface area contributed by atoms with Crippen LogP contribution in [-0.4, -0.2) is 32.3 Å². The number of nitrogens with two attached hydrogens (primary N) is 1. The van der Waals surface area contributed by atoms with Crippen molar-refractivity contribution in [2.24, 2.45) is 0 Å². The molecule has 1 saturated carbocycles. The van der Waals surface area contributed by atoms with Gasteiger partial charge < -0.3 is 11.1 Å². The number of carbonyl (C=O) groups excluding carboxylic acids is 1. The first-order valence-electron chi connectivity index (χ1n) is 7.29. The van der Waals surface area contributed by atoms with E-state index in [4.69, 9.17) is 5.73 Å². The van der Waals surface area contributed by atoms with Gasteiger partial charge in [-0.05, 0) is 18.8 Å². The summed E-state index contributed by atoms with van der Waals surface area (Å²) in [6.07, 6.45) is 2.60. The highest BCUT2D eigenvalue weighted by molar-refractivity contribution is 7.91. The van der Waals surface area contributed by atoms with E-state index in [1.807, 2.05) is 6.92 Å². The maximum Gasteiger partial charge on any atom is 0.174 e. The van der Waals surface area contributed by atoms with E-state index >= 15 is 0 Å². The molecule has 0 unspecified atom stereocenters. The molecular weight excluding hydrogens is 308 g/mol. The van der Waals surface area contributed by atoms with Crippen molar-refractivity contribution in [3.05, 3.63) is 10.4 Å². The van der Waals surface area contributed by atoms with E-state index in [2.05, 4.69) is 5.32 Å². The van der Waals surface area contributed by atoms with Crippen LogP contribution in [0, 0.1) is 0 Å². The molecule has 1 aromatic rings. The molecule has 0 atom stereocenters. The van der Waals surface area contributed by atoms with Gasteiger partial charge in [-0.25, -0.2) is 8.42 Å². The Morgan fingerprint density at radius 3 is 2.57 bits per heavy atom. The van der Waals surface area contributed by atoms with Crippen LogP contribution in [0.25, 0.3) is 0 Å². The van der Waals surface area contributed by atoms with E-state index in [0.717, 1.165) is 23.4 Å². The Labute approximate surface area is 129 Å². The molecule has 0 radical (unpaired) electrons.